The third-order valence-corrected chi connectivity index (χ3v) is 5.20. The average Bonchev–Trinajstić information content (AvgIpc) is 3.45. The quantitative estimate of drug-likeness (QED) is 0.410. The minimum absolute atomic E-state index is 0.423. The van der Waals surface area contributed by atoms with Gasteiger partial charge in [-0.2, -0.15) is 10.2 Å². The van der Waals surface area contributed by atoms with Crippen LogP contribution < -0.4 is 9.47 Å². The number of aromatic nitrogens is 5. The second-order valence-electron chi connectivity index (χ2n) is 7.30. The fraction of sp³-hybridized carbons (Fsp3) is 0.304. The number of nitrogens with zero attached hydrogens (tertiary/aromatic N) is 5. The van der Waals surface area contributed by atoms with Crippen molar-refractivity contribution in [1.29, 1.82) is 0 Å². The highest BCUT2D eigenvalue weighted by atomic mass is 16.6. The van der Waals surface area contributed by atoms with Gasteiger partial charge >= 0.3 is 5.97 Å². The number of pyridine rings is 1. The first-order valence-corrected chi connectivity index (χ1v) is 10.2. The number of esters is 1. The molecule has 1 atom stereocenters. The Morgan fingerprint density at radius 1 is 1.19 bits per heavy atom. The molecule has 166 valence electrons. The molecule has 0 aliphatic carbocycles. The molecule has 0 N–H and O–H groups in total. The standard InChI is InChI=1S/C23H25N5O4/c1-6-17(23(29)31-5)32-19-12-14(2)25-21-20(26-27(3)22(19)21)16-9-8-15(13-18(16)30-4)28-11-7-10-24-28/h7-13,17H,6H2,1-5H3. The molecule has 3 heterocycles. The molecule has 0 spiro atoms. The van der Waals surface area contributed by atoms with E-state index in [0.29, 0.717) is 34.6 Å². The molecule has 1 unspecified atom stereocenters. The predicted octanol–water partition coefficient (Wildman–Crippen LogP) is 3.47. The van der Waals surface area contributed by atoms with E-state index in [-0.39, 0.29) is 0 Å². The number of aryl methyl sites for hydroxylation is 2. The van der Waals surface area contributed by atoms with Gasteiger partial charge in [0.15, 0.2) is 6.10 Å². The molecule has 9 heteroatoms. The van der Waals surface area contributed by atoms with Gasteiger partial charge in [-0.15, -0.1) is 0 Å². The molecular formula is C23H25N5O4. The van der Waals surface area contributed by atoms with Crippen LogP contribution >= 0.6 is 0 Å². The number of hydrogen-bond donors (Lipinski definition) is 0. The minimum atomic E-state index is -0.716. The summed E-state index contributed by atoms with van der Waals surface area (Å²) in [7, 11) is 4.79. The van der Waals surface area contributed by atoms with Crippen LogP contribution in [0.5, 0.6) is 11.5 Å². The monoisotopic (exact) mass is 435 g/mol. The molecular weight excluding hydrogens is 410 g/mol. The van der Waals surface area contributed by atoms with Gasteiger partial charge in [0.2, 0.25) is 0 Å². The normalized spacial score (nSPS) is 12.0. The van der Waals surface area contributed by atoms with Crippen molar-refractivity contribution in [2.45, 2.75) is 26.4 Å². The summed E-state index contributed by atoms with van der Waals surface area (Å²) in [4.78, 5) is 16.8. The third-order valence-electron chi connectivity index (χ3n) is 5.20. The number of benzene rings is 1. The van der Waals surface area contributed by atoms with E-state index < -0.39 is 12.1 Å². The van der Waals surface area contributed by atoms with E-state index in [1.807, 2.05) is 51.4 Å². The summed E-state index contributed by atoms with van der Waals surface area (Å²) in [5.74, 6) is 0.747. The lowest BCUT2D eigenvalue weighted by Crippen LogP contribution is -2.28. The van der Waals surface area contributed by atoms with Gasteiger partial charge < -0.3 is 14.2 Å². The molecule has 0 amide bonds. The van der Waals surface area contributed by atoms with Crippen molar-refractivity contribution < 1.29 is 19.0 Å². The summed E-state index contributed by atoms with van der Waals surface area (Å²) in [6.45, 7) is 3.74. The molecule has 3 aromatic heterocycles. The molecule has 0 aliphatic heterocycles. The Bertz CT molecular complexity index is 1260. The Morgan fingerprint density at radius 2 is 2.00 bits per heavy atom. The van der Waals surface area contributed by atoms with Crippen molar-refractivity contribution in [3.05, 3.63) is 48.4 Å². The molecule has 4 aromatic rings. The number of methoxy groups -OCH3 is 2. The lowest BCUT2D eigenvalue weighted by Gasteiger charge is -2.16. The topological polar surface area (TPSA) is 93.3 Å². The molecule has 0 aliphatic rings. The van der Waals surface area contributed by atoms with E-state index in [0.717, 1.165) is 16.9 Å². The smallest absolute Gasteiger partial charge is 0.347 e. The summed E-state index contributed by atoms with van der Waals surface area (Å²) >= 11 is 0. The van der Waals surface area contributed by atoms with Crippen LogP contribution in [0, 0.1) is 6.92 Å². The summed E-state index contributed by atoms with van der Waals surface area (Å²) < 4.78 is 20.1. The maximum Gasteiger partial charge on any atom is 0.347 e. The van der Waals surface area contributed by atoms with Gasteiger partial charge in [0.05, 0.1) is 19.9 Å². The van der Waals surface area contributed by atoms with Crippen LogP contribution in [0.4, 0.5) is 0 Å². The van der Waals surface area contributed by atoms with Crippen LogP contribution in [0.15, 0.2) is 42.7 Å². The van der Waals surface area contributed by atoms with Crippen molar-refractivity contribution in [1.82, 2.24) is 24.5 Å². The summed E-state index contributed by atoms with van der Waals surface area (Å²) in [5, 5.41) is 8.99. The van der Waals surface area contributed by atoms with Gasteiger partial charge in [0.25, 0.3) is 0 Å². The minimum Gasteiger partial charge on any atom is -0.496 e. The lowest BCUT2D eigenvalue weighted by molar-refractivity contribution is -0.148. The maximum atomic E-state index is 12.1. The van der Waals surface area contributed by atoms with Crippen molar-refractivity contribution >= 4 is 17.0 Å². The predicted molar refractivity (Wildman–Crippen MR) is 119 cm³/mol. The van der Waals surface area contributed by atoms with Crippen LogP contribution in [0.2, 0.25) is 0 Å². The number of carbonyl (C=O) groups is 1. The van der Waals surface area contributed by atoms with E-state index >= 15 is 0 Å². The first kappa shape index (κ1) is 21.4. The fourth-order valence-electron chi connectivity index (χ4n) is 3.66. The van der Waals surface area contributed by atoms with Gasteiger partial charge in [-0.25, -0.2) is 14.5 Å². The van der Waals surface area contributed by atoms with E-state index in [1.54, 1.807) is 28.7 Å². The van der Waals surface area contributed by atoms with Gasteiger partial charge in [-0.05, 0) is 31.5 Å². The molecule has 0 saturated carbocycles. The molecule has 4 rings (SSSR count). The molecule has 0 bridgehead atoms. The molecule has 0 saturated heterocycles. The lowest BCUT2D eigenvalue weighted by atomic mass is 10.1. The van der Waals surface area contributed by atoms with Gasteiger partial charge in [-0.1, -0.05) is 6.92 Å². The highest BCUT2D eigenvalue weighted by Gasteiger charge is 2.24. The summed E-state index contributed by atoms with van der Waals surface area (Å²) in [6, 6.07) is 9.45. The highest BCUT2D eigenvalue weighted by molar-refractivity contribution is 5.95. The van der Waals surface area contributed by atoms with Crippen LogP contribution in [-0.2, 0) is 16.6 Å². The second-order valence-corrected chi connectivity index (χ2v) is 7.30. The van der Waals surface area contributed by atoms with Crippen LogP contribution in [-0.4, -0.2) is 50.8 Å². The van der Waals surface area contributed by atoms with Gasteiger partial charge in [0, 0.05) is 42.8 Å². The number of carbonyl (C=O) groups excluding carboxylic acids is 1. The summed E-state index contributed by atoms with van der Waals surface area (Å²) in [6.07, 6.45) is 3.35. The van der Waals surface area contributed by atoms with E-state index in [2.05, 4.69) is 5.10 Å². The Balaban J connectivity index is 1.85. The Kier molecular flexibility index (Phi) is 5.81. The zero-order valence-electron chi connectivity index (χ0n) is 18.7. The maximum absolute atomic E-state index is 12.1. The van der Waals surface area contributed by atoms with E-state index in [4.69, 9.17) is 24.3 Å². The first-order valence-electron chi connectivity index (χ1n) is 10.2. The van der Waals surface area contributed by atoms with Crippen LogP contribution in [0.1, 0.15) is 19.0 Å². The SMILES string of the molecule is CCC(Oc1cc(C)nc2c(-c3ccc(-n4cccn4)cc3OC)nn(C)c12)C(=O)OC. The van der Waals surface area contributed by atoms with E-state index in [9.17, 15) is 4.79 Å². The molecule has 32 heavy (non-hydrogen) atoms. The fourth-order valence-corrected chi connectivity index (χ4v) is 3.66. The summed E-state index contributed by atoms with van der Waals surface area (Å²) in [5.41, 5.74) is 4.41. The zero-order chi connectivity index (χ0) is 22.8. The number of fused-ring (bicyclic) bond motifs is 1. The first-order chi connectivity index (χ1) is 15.5. The third kappa shape index (κ3) is 3.77. The number of rotatable bonds is 7. The van der Waals surface area contributed by atoms with Crippen molar-refractivity contribution in [3.63, 3.8) is 0 Å². The van der Waals surface area contributed by atoms with E-state index in [1.165, 1.54) is 7.11 Å². The largest absolute Gasteiger partial charge is 0.496 e. The number of ether oxygens (including phenoxy) is 3. The Labute approximate surface area is 185 Å². The molecule has 0 fully saturated rings. The second kappa shape index (κ2) is 8.70. The number of hydrogen-bond acceptors (Lipinski definition) is 7. The van der Waals surface area contributed by atoms with Crippen molar-refractivity contribution in [2.75, 3.05) is 14.2 Å². The van der Waals surface area contributed by atoms with Gasteiger partial charge in [0.1, 0.15) is 28.2 Å². The average molecular weight is 435 g/mol. The van der Waals surface area contributed by atoms with Crippen molar-refractivity contribution in [2.24, 2.45) is 7.05 Å². The molecule has 9 nitrogen and oxygen atoms in total. The molecule has 0 radical (unpaired) electrons. The molecule has 1 aromatic carbocycles. The van der Waals surface area contributed by atoms with Gasteiger partial charge in [-0.3, -0.25) is 4.68 Å². The van der Waals surface area contributed by atoms with Crippen LogP contribution in [0.3, 0.4) is 0 Å². The zero-order valence-corrected chi connectivity index (χ0v) is 18.7. The highest BCUT2D eigenvalue weighted by Crippen LogP contribution is 2.38. The Hall–Kier alpha value is -3.88. The Morgan fingerprint density at radius 3 is 2.66 bits per heavy atom. The van der Waals surface area contributed by atoms with Crippen molar-refractivity contribution in [3.8, 4) is 28.4 Å². The van der Waals surface area contributed by atoms with Crippen LogP contribution in [0.25, 0.3) is 28.0 Å².